The van der Waals surface area contributed by atoms with Crippen molar-refractivity contribution >= 4 is 18.2 Å². The standard InChI is InChI=1S/C13H14N2O2S/c1-7-4-5-9(8(2)6-7)10-11(12(16)17-3)15-13(18)14-10/h4-6H,1-3H3,(H2,14,15,18). The van der Waals surface area contributed by atoms with Gasteiger partial charge in [-0.15, -0.1) is 0 Å². The Hall–Kier alpha value is -1.88. The predicted molar refractivity (Wildman–Crippen MR) is 72.2 cm³/mol. The van der Waals surface area contributed by atoms with Gasteiger partial charge in [0, 0.05) is 5.56 Å². The number of carbonyl (C=O) groups excluding carboxylic acids is 1. The van der Waals surface area contributed by atoms with Crippen molar-refractivity contribution in [3.8, 4) is 11.3 Å². The molecule has 2 aromatic rings. The molecule has 94 valence electrons. The molecule has 0 saturated carbocycles. The molecule has 0 aliphatic rings. The van der Waals surface area contributed by atoms with Gasteiger partial charge in [-0.1, -0.05) is 23.8 Å². The fourth-order valence-corrected chi connectivity index (χ4v) is 2.14. The van der Waals surface area contributed by atoms with Gasteiger partial charge in [0.25, 0.3) is 0 Å². The Bertz CT molecular complexity index is 655. The van der Waals surface area contributed by atoms with Crippen LogP contribution < -0.4 is 0 Å². The van der Waals surface area contributed by atoms with Crippen LogP contribution in [-0.2, 0) is 4.74 Å². The summed E-state index contributed by atoms with van der Waals surface area (Å²) in [6.45, 7) is 4.02. The second kappa shape index (κ2) is 4.78. The molecule has 18 heavy (non-hydrogen) atoms. The number of rotatable bonds is 2. The lowest BCUT2D eigenvalue weighted by atomic mass is 10.0. The van der Waals surface area contributed by atoms with Crippen LogP contribution >= 0.6 is 12.2 Å². The molecule has 4 nitrogen and oxygen atoms in total. The molecule has 0 saturated heterocycles. The van der Waals surface area contributed by atoms with E-state index >= 15 is 0 Å². The van der Waals surface area contributed by atoms with Gasteiger partial charge in [0.2, 0.25) is 0 Å². The molecule has 0 aliphatic heterocycles. The molecule has 2 rings (SSSR count). The number of esters is 1. The molecule has 2 N–H and O–H groups in total. The molecular formula is C13H14N2O2S. The van der Waals surface area contributed by atoms with Crippen LogP contribution in [0.1, 0.15) is 21.6 Å². The number of hydrogen-bond donors (Lipinski definition) is 2. The minimum atomic E-state index is -0.433. The molecular weight excluding hydrogens is 248 g/mol. The third-order valence-corrected chi connectivity index (χ3v) is 2.97. The number of hydrogen-bond acceptors (Lipinski definition) is 3. The van der Waals surface area contributed by atoms with Crippen molar-refractivity contribution in [1.82, 2.24) is 9.97 Å². The lowest BCUT2D eigenvalue weighted by Gasteiger charge is -2.06. The minimum absolute atomic E-state index is 0.356. The summed E-state index contributed by atoms with van der Waals surface area (Å²) in [4.78, 5) is 17.5. The van der Waals surface area contributed by atoms with E-state index in [2.05, 4.69) is 16.0 Å². The first-order chi connectivity index (χ1) is 8.52. The molecule has 0 fully saturated rings. The van der Waals surface area contributed by atoms with Crippen LogP contribution in [0.5, 0.6) is 0 Å². The van der Waals surface area contributed by atoms with Gasteiger partial charge in [-0.05, 0) is 31.6 Å². The van der Waals surface area contributed by atoms with Gasteiger partial charge in [0.15, 0.2) is 10.5 Å². The molecule has 1 aromatic heterocycles. The Morgan fingerprint density at radius 1 is 1.28 bits per heavy atom. The highest BCUT2D eigenvalue weighted by Crippen LogP contribution is 2.25. The summed E-state index contributed by atoms with van der Waals surface area (Å²) in [6.07, 6.45) is 0. The van der Waals surface area contributed by atoms with Crippen molar-refractivity contribution in [3.05, 3.63) is 39.8 Å². The summed E-state index contributed by atoms with van der Waals surface area (Å²) in [6, 6.07) is 6.01. The van der Waals surface area contributed by atoms with E-state index in [4.69, 9.17) is 17.0 Å². The van der Waals surface area contributed by atoms with Crippen LogP contribution in [0.3, 0.4) is 0 Å². The number of aryl methyl sites for hydroxylation is 2. The normalized spacial score (nSPS) is 10.4. The summed E-state index contributed by atoms with van der Waals surface area (Å²) in [5, 5.41) is 0. The Morgan fingerprint density at radius 2 is 2.00 bits per heavy atom. The highest BCUT2D eigenvalue weighted by molar-refractivity contribution is 7.71. The number of ether oxygens (including phenoxy) is 1. The monoisotopic (exact) mass is 262 g/mol. The summed E-state index contributed by atoms with van der Waals surface area (Å²) >= 11 is 5.04. The molecule has 1 heterocycles. The quantitative estimate of drug-likeness (QED) is 0.645. The number of H-pyrrole nitrogens is 2. The van der Waals surface area contributed by atoms with E-state index in [-0.39, 0.29) is 0 Å². The van der Waals surface area contributed by atoms with Crippen LogP contribution in [0.25, 0.3) is 11.3 Å². The third kappa shape index (κ3) is 2.22. The number of aromatic amines is 2. The van der Waals surface area contributed by atoms with Gasteiger partial charge in [-0.25, -0.2) is 4.79 Å². The molecule has 0 unspecified atom stereocenters. The van der Waals surface area contributed by atoms with Crippen molar-refractivity contribution in [2.75, 3.05) is 7.11 Å². The Labute approximate surface area is 110 Å². The zero-order valence-corrected chi connectivity index (χ0v) is 11.3. The van der Waals surface area contributed by atoms with Crippen LogP contribution in [0, 0.1) is 18.6 Å². The van der Waals surface area contributed by atoms with Crippen LogP contribution in [0.2, 0.25) is 0 Å². The van der Waals surface area contributed by atoms with Gasteiger partial charge in [0.05, 0.1) is 12.8 Å². The van der Waals surface area contributed by atoms with Gasteiger partial charge in [-0.3, -0.25) is 0 Å². The van der Waals surface area contributed by atoms with E-state index in [1.54, 1.807) is 0 Å². The lowest BCUT2D eigenvalue weighted by Crippen LogP contribution is -2.04. The third-order valence-electron chi connectivity index (χ3n) is 2.77. The zero-order valence-electron chi connectivity index (χ0n) is 10.5. The summed E-state index contributed by atoms with van der Waals surface area (Å²) < 4.78 is 5.15. The van der Waals surface area contributed by atoms with E-state index in [1.165, 1.54) is 12.7 Å². The molecule has 0 aliphatic carbocycles. The first-order valence-electron chi connectivity index (χ1n) is 5.51. The number of aromatic nitrogens is 2. The van der Waals surface area contributed by atoms with Crippen molar-refractivity contribution in [3.63, 3.8) is 0 Å². The highest BCUT2D eigenvalue weighted by Gasteiger charge is 2.17. The second-order valence-corrected chi connectivity index (χ2v) is 4.55. The maximum atomic E-state index is 11.7. The number of methoxy groups -OCH3 is 1. The lowest BCUT2D eigenvalue weighted by molar-refractivity contribution is 0.0595. The Kier molecular flexibility index (Phi) is 3.34. The first-order valence-corrected chi connectivity index (χ1v) is 5.92. The smallest absolute Gasteiger partial charge is 0.356 e. The molecule has 0 radical (unpaired) electrons. The summed E-state index contributed by atoms with van der Waals surface area (Å²) in [5.74, 6) is -0.433. The Morgan fingerprint density at radius 3 is 2.61 bits per heavy atom. The largest absolute Gasteiger partial charge is 0.464 e. The number of imidazole rings is 1. The van der Waals surface area contributed by atoms with Crippen LogP contribution in [-0.4, -0.2) is 23.0 Å². The summed E-state index contributed by atoms with van der Waals surface area (Å²) in [7, 11) is 1.35. The van der Waals surface area contributed by atoms with E-state index in [1.807, 2.05) is 26.0 Å². The van der Waals surface area contributed by atoms with E-state index in [0.29, 0.717) is 16.2 Å². The topological polar surface area (TPSA) is 57.9 Å². The molecule has 5 heteroatoms. The van der Waals surface area contributed by atoms with E-state index < -0.39 is 5.97 Å². The fourth-order valence-electron chi connectivity index (χ4n) is 1.93. The van der Waals surface area contributed by atoms with E-state index in [9.17, 15) is 4.79 Å². The van der Waals surface area contributed by atoms with Crippen LogP contribution in [0.15, 0.2) is 18.2 Å². The Balaban J connectivity index is 2.63. The molecule has 1 aromatic carbocycles. The van der Waals surface area contributed by atoms with Gasteiger partial charge < -0.3 is 14.7 Å². The van der Waals surface area contributed by atoms with Crippen LogP contribution in [0.4, 0.5) is 0 Å². The molecule has 0 amide bonds. The summed E-state index contributed by atoms with van der Waals surface area (Å²) in [5.41, 5.74) is 4.21. The average Bonchev–Trinajstić information content (AvgIpc) is 2.70. The van der Waals surface area contributed by atoms with Gasteiger partial charge >= 0.3 is 5.97 Å². The first kappa shape index (κ1) is 12.6. The molecule has 0 bridgehead atoms. The van der Waals surface area contributed by atoms with Crippen molar-refractivity contribution in [2.45, 2.75) is 13.8 Å². The van der Waals surface area contributed by atoms with E-state index in [0.717, 1.165) is 11.1 Å². The molecule has 0 spiro atoms. The van der Waals surface area contributed by atoms with Crippen molar-refractivity contribution in [2.24, 2.45) is 0 Å². The number of nitrogens with one attached hydrogen (secondary N) is 2. The number of carbonyl (C=O) groups is 1. The zero-order chi connectivity index (χ0) is 13.3. The average molecular weight is 262 g/mol. The highest BCUT2D eigenvalue weighted by atomic mass is 32.1. The fraction of sp³-hybridized carbons (Fsp3) is 0.231. The number of benzene rings is 1. The van der Waals surface area contributed by atoms with Gasteiger partial charge in [-0.2, -0.15) is 0 Å². The van der Waals surface area contributed by atoms with Crippen molar-refractivity contribution < 1.29 is 9.53 Å². The maximum Gasteiger partial charge on any atom is 0.356 e. The van der Waals surface area contributed by atoms with Gasteiger partial charge in [0.1, 0.15) is 0 Å². The maximum absolute atomic E-state index is 11.7. The predicted octanol–water partition coefficient (Wildman–Crippen LogP) is 3.14. The van der Waals surface area contributed by atoms with Crippen molar-refractivity contribution in [1.29, 1.82) is 0 Å². The SMILES string of the molecule is COC(=O)c1[nH]c(=S)[nH]c1-c1ccc(C)cc1C. The second-order valence-electron chi connectivity index (χ2n) is 4.14. The minimum Gasteiger partial charge on any atom is -0.464 e. The molecule has 0 atom stereocenters.